The maximum atomic E-state index is 11.2. The lowest BCUT2D eigenvalue weighted by molar-refractivity contribution is 0.420. The van der Waals surface area contributed by atoms with Crippen molar-refractivity contribution >= 4 is 12.7 Å². The van der Waals surface area contributed by atoms with Crippen molar-refractivity contribution in [2.75, 3.05) is 0 Å². The Hall–Kier alpha value is -3.08. The molecule has 0 aromatic heterocycles. The molecule has 1 atom stereocenters. The molecule has 0 aliphatic heterocycles. The van der Waals surface area contributed by atoms with E-state index in [9.17, 15) is 15.2 Å². The molecule has 4 heteroatoms. The Morgan fingerprint density at radius 2 is 1.45 bits per heavy atom. The number of rotatable bonds is 4. The van der Waals surface area contributed by atoms with Gasteiger partial charge in [-0.1, -0.05) is 85.8 Å². The average molecular weight is 382 g/mol. The van der Waals surface area contributed by atoms with E-state index in [1.54, 1.807) is 6.08 Å². The molecule has 3 aromatic rings. The van der Waals surface area contributed by atoms with Crippen LogP contribution in [0.4, 0.5) is 0 Å². The van der Waals surface area contributed by atoms with Gasteiger partial charge in [0.15, 0.2) is 0 Å². The molecule has 1 aliphatic carbocycles. The number of aromatic hydroxyl groups is 1. The van der Waals surface area contributed by atoms with E-state index in [2.05, 4.69) is 24.3 Å². The molecule has 0 amide bonds. The highest BCUT2D eigenvalue weighted by molar-refractivity contribution is 6.53. The van der Waals surface area contributed by atoms with Crippen molar-refractivity contribution in [2.45, 2.75) is 13.3 Å². The van der Waals surface area contributed by atoms with Gasteiger partial charge >= 0.3 is 7.12 Å². The van der Waals surface area contributed by atoms with E-state index in [0.29, 0.717) is 11.0 Å². The van der Waals surface area contributed by atoms with Crippen LogP contribution in [0.15, 0.2) is 90.4 Å². The van der Waals surface area contributed by atoms with Crippen molar-refractivity contribution in [3.8, 4) is 28.0 Å². The number of phenols is 1. The maximum absolute atomic E-state index is 11.2. The van der Waals surface area contributed by atoms with Crippen LogP contribution in [0.3, 0.4) is 0 Å². The second kappa shape index (κ2) is 8.12. The van der Waals surface area contributed by atoms with Crippen molar-refractivity contribution in [3.63, 3.8) is 0 Å². The average Bonchev–Trinajstić information content (AvgIpc) is 2.75. The Labute approximate surface area is 171 Å². The second-order valence-electron chi connectivity index (χ2n) is 7.43. The summed E-state index contributed by atoms with van der Waals surface area (Å²) in [5.41, 5.74) is 5.69. The van der Waals surface area contributed by atoms with Crippen LogP contribution in [0.1, 0.15) is 18.9 Å². The van der Waals surface area contributed by atoms with Crippen molar-refractivity contribution < 1.29 is 15.2 Å². The quantitative estimate of drug-likeness (QED) is 0.551. The SMILES string of the molecule is CC1CC=CC(B(O)O)=C1c1cccc(-c2cccc(-c3ccccc3)c2)c1O. The molecule has 0 saturated heterocycles. The second-order valence-corrected chi connectivity index (χ2v) is 7.43. The fourth-order valence-electron chi connectivity index (χ4n) is 4.03. The first-order valence-electron chi connectivity index (χ1n) is 9.81. The number of allylic oxidation sites excluding steroid dienone is 4. The summed E-state index contributed by atoms with van der Waals surface area (Å²) < 4.78 is 0. The van der Waals surface area contributed by atoms with Crippen LogP contribution in [0, 0.1) is 5.92 Å². The standard InChI is InChI=1S/C25H23BO3/c1-17-8-5-15-23(26(28)29)24(17)22-14-7-13-21(25(22)27)20-12-6-11-19(16-20)18-9-3-2-4-10-18/h2-7,9-17,27-29H,8H2,1H3. The Morgan fingerprint density at radius 1 is 0.793 bits per heavy atom. The summed E-state index contributed by atoms with van der Waals surface area (Å²) >= 11 is 0. The Bertz CT molecular complexity index is 1080. The molecular formula is C25H23BO3. The normalized spacial score (nSPS) is 16.2. The molecule has 0 saturated carbocycles. The summed E-state index contributed by atoms with van der Waals surface area (Å²) in [5.74, 6) is 0.238. The summed E-state index contributed by atoms with van der Waals surface area (Å²) in [4.78, 5) is 0. The van der Waals surface area contributed by atoms with Gasteiger partial charge in [-0.3, -0.25) is 0 Å². The highest BCUT2D eigenvalue weighted by Gasteiger charge is 2.27. The molecule has 0 fully saturated rings. The molecule has 3 aromatic carbocycles. The summed E-state index contributed by atoms with van der Waals surface area (Å²) in [6.07, 6.45) is 4.47. The van der Waals surface area contributed by atoms with Gasteiger partial charge in [0.25, 0.3) is 0 Å². The van der Waals surface area contributed by atoms with E-state index in [1.807, 2.05) is 61.5 Å². The largest absolute Gasteiger partial charge is 0.507 e. The van der Waals surface area contributed by atoms with Crippen LogP contribution in [-0.4, -0.2) is 22.3 Å². The van der Waals surface area contributed by atoms with Gasteiger partial charge in [-0.25, -0.2) is 0 Å². The Balaban J connectivity index is 1.84. The zero-order valence-corrected chi connectivity index (χ0v) is 16.3. The summed E-state index contributed by atoms with van der Waals surface area (Å²) in [7, 11) is -1.58. The summed E-state index contributed by atoms with van der Waals surface area (Å²) in [5, 5.41) is 30.8. The van der Waals surface area contributed by atoms with Crippen LogP contribution < -0.4 is 0 Å². The molecule has 0 radical (unpaired) electrons. The molecule has 0 spiro atoms. The minimum absolute atomic E-state index is 0.0774. The van der Waals surface area contributed by atoms with Gasteiger partial charge in [0.1, 0.15) is 5.75 Å². The summed E-state index contributed by atoms with van der Waals surface area (Å²) in [6, 6.07) is 23.8. The van der Waals surface area contributed by atoms with Gasteiger partial charge in [0, 0.05) is 11.1 Å². The molecule has 29 heavy (non-hydrogen) atoms. The Morgan fingerprint density at radius 3 is 2.21 bits per heavy atom. The third kappa shape index (κ3) is 3.77. The maximum Gasteiger partial charge on any atom is 0.488 e. The van der Waals surface area contributed by atoms with Gasteiger partial charge in [-0.2, -0.15) is 0 Å². The molecule has 1 unspecified atom stereocenters. The van der Waals surface area contributed by atoms with Gasteiger partial charge in [-0.15, -0.1) is 0 Å². The zero-order chi connectivity index (χ0) is 20.4. The molecule has 3 N–H and O–H groups in total. The zero-order valence-electron chi connectivity index (χ0n) is 16.3. The van der Waals surface area contributed by atoms with E-state index in [4.69, 9.17) is 0 Å². The van der Waals surface area contributed by atoms with Crippen LogP contribution in [0.5, 0.6) is 5.75 Å². The molecule has 0 bridgehead atoms. The summed E-state index contributed by atoms with van der Waals surface area (Å²) in [6.45, 7) is 2.03. The lowest BCUT2D eigenvalue weighted by Gasteiger charge is -2.24. The van der Waals surface area contributed by atoms with E-state index >= 15 is 0 Å². The van der Waals surface area contributed by atoms with Crippen molar-refractivity contribution in [2.24, 2.45) is 5.92 Å². The first-order valence-corrected chi connectivity index (χ1v) is 9.81. The highest BCUT2D eigenvalue weighted by atomic mass is 16.4. The van der Waals surface area contributed by atoms with Crippen molar-refractivity contribution in [1.82, 2.24) is 0 Å². The van der Waals surface area contributed by atoms with Crippen LogP contribution in [0.2, 0.25) is 0 Å². The molecule has 0 heterocycles. The number of phenolic OH excluding ortho intramolecular Hbond substituents is 1. The van der Waals surface area contributed by atoms with E-state index in [-0.39, 0.29) is 11.7 Å². The predicted octanol–water partition coefficient (Wildman–Crippen LogP) is 5.09. The molecular weight excluding hydrogens is 359 g/mol. The first-order chi connectivity index (χ1) is 14.1. The number of hydrogen-bond acceptors (Lipinski definition) is 3. The molecule has 3 nitrogen and oxygen atoms in total. The number of benzene rings is 3. The van der Waals surface area contributed by atoms with Gasteiger partial charge in [0.2, 0.25) is 0 Å². The van der Waals surface area contributed by atoms with E-state index < -0.39 is 7.12 Å². The van der Waals surface area contributed by atoms with Crippen LogP contribution in [-0.2, 0) is 0 Å². The van der Waals surface area contributed by atoms with Crippen molar-refractivity contribution in [3.05, 3.63) is 96.0 Å². The van der Waals surface area contributed by atoms with Crippen LogP contribution in [0.25, 0.3) is 27.8 Å². The number of hydrogen-bond donors (Lipinski definition) is 3. The van der Waals surface area contributed by atoms with E-state index in [0.717, 1.165) is 34.2 Å². The lowest BCUT2D eigenvalue weighted by Crippen LogP contribution is -2.20. The monoisotopic (exact) mass is 382 g/mol. The van der Waals surface area contributed by atoms with Gasteiger partial charge in [-0.05, 0) is 46.1 Å². The van der Waals surface area contributed by atoms with Gasteiger partial charge in [0.05, 0.1) is 0 Å². The van der Waals surface area contributed by atoms with E-state index in [1.165, 1.54) is 0 Å². The van der Waals surface area contributed by atoms with Crippen molar-refractivity contribution in [1.29, 1.82) is 0 Å². The minimum Gasteiger partial charge on any atom is -0.507 e. The third-order valence-corrected chi connectivity index (χ3v) is 5.48. The fourth-order valence-corrected chi connectivity index (χ4v) is 4.03. The smallest absolute Gasteiger partial charge is 0.488 e. The Kier molecular flexibility index (Phi) is 5.39. The highest BCUT2D eigenvalue weighted by Crippen LogP contribution is 2.42. The molecule has 144 valence electrons. The first kappa shape index (κ1) is 19.3. The van der Waals surface area contributed by atoms with Crippen LogP contribution >= 0.6 is 0 Å². The number of para-hydroxylation sites is 1. The minimum atomic E-state index is -1.58. The third-order valence-electron chi connectivity index (χ3n) is 5.48. The predicted molar refractivity (Wildman–Crippen MR) is 119 cm³/mol. The lowest BCUT2D eigenvalue weighted by atomic mass is 9.68. The fraction of sp³-hybridized carbons (Fsp3) is 0.120. The molecule has 4 rings (SSSR count). The van der Waals surface area contributed by atoms with Gasteiger partial charge < -0.3 is 15.2 Å². The molecule has 1 aliphatic rings. The topological polar surface area (TPSA) is 60.7 Å².